The monoisotopic (exact) mass is 237 g/mol. The number of hydrogen-bond donors (Lipinski definition) is 2. The molecular formula is C9H13Cl2NO2. The summed E-state index contributed by atoms with van der Waals surface area (Å²) < 4.78 is 0. The second-order valence-electron chi connectivity index (χ2n) is 3.18. The Labute approximate surface area is 94.0 Å². The lowest BCUT2D eigenvalue weighted by Crippen LogP contribution is -2.48. The predicted molar refractivity (Wildman–Crippen MR) is 58.9 cm³/mol. The molecule has 80 valence electrons. The van der Waals surface area contributed by atoms with Crippen LogP contribution in [0.1, 0.15) is 6.92 Å². The Hall–Kier alpha value is -0.510. The number of allylic oxidation sites excluding steroid dienone is 2. The normalized spacial score (nSPS) is 32.1. The maximum absolute atomic E-state index is 10.8. The van der Waals surface area contributed by atoms with E-state index in [1.807, 2.05) is 0 Å². The van der Waals surface area contributed by atoms with Gasteiger partial charge in [-0.25, -0.2) is 0 Å². The van der Waals surface area contributed by atoms with E-state index in [1.54, 1.807) is 31.2 Å². The zero-order valence-corrected chi connectivity index (χ0v) is 9.26. The molecule has 0 bridgehead atoms. The molecule has 0 amide bonds. The molecule has 0 saturated heterocycles. The van der Waals surface area contributed by atoms with Crippen molar-refractivity contribution in [1.82, 2.24) is 0 Å². The maximum atomic E-state index is 10.8. The summed E-state index contributed by atoms with van der Waals surface area (Å²) in [6.45, 7) is 1.70. The Morgan fingerprint density at radius 1 is 1.64 bits per heavy atom. The molecule has 1 aliphatic carbocycles. The van der Waals surface area contributed by atoms with E-state index in [2.05, 4.69) is 0 Å². The molecule has 5 heteroatoms. The summed E-state index contributed by atoms with van der Waals surface area (Å²) in [5.41, 5.74) is 5.65. The molecule has 14 heavy (non-hydrogen) atoms. The molecule has 0 aromatic rings. The maximum Gasteiger partial charge on any atom is 0.312 e. The lowest BCUT2D eigenvalue weighted by Gasteiger charge is -2.33. The van der Waals surface area contributed by atoms with Crippen LogP contribution < -0.4 is 5.73 Å². The summed E-state index contributed by atoms with van der Waals surface area (Å²) in [5.74, 6) is -1.70. The Bertz CT molecular complexity index is 276. The average Bonchev–Trinajstić information content (AvgIpc) is 2.04. The van der Waals surface area contributed by atoms with Gasteiger partial charge in [0, 0.05) is 6.04 Å². The number of alkyl halides is 1. The largest absolute Gasteiger partial charge is 0.481 e. The third-order valence-corrected chi connectivity index (χ3v) is 2.91. The lowest BCUT2D eigenvalue weighted by molar-refractivity contribution is -0.140. The first-order chi connectivity index (χ1) is 5.98. The highest BCUT2D eigenvalue weighted by molar-refractivity contribution is 6.27. The number of carboxylic acid groups (broad SMARTS) is 1. The topological polar surface area (TPSA) is 63.3 Å². The van der Waals surface area contributed by atoms with Crippen molar-refractivity contribution in [3.8, 4) is 0 Å². The first-order valence-electron chi connectivity index (χ1n) is 4.02. The summed E-state index contributed by atoms with van der Waals surface area (Å²) >= 11 is 6.13. The van der Waals surface area contributed by atoms with Gasteiger partial charge >= 0.3 is 5.97 Å². The van der Waals surface area contributed by atoms with Gasteiger partial charge in [-0.1, -0.05) is 24.3 Å². The van der Waals surface area contributed by atoms with Crippen LogP contribution in [0.3, 0.4) is 0 Å². The Balaban J connectivity index is 0.00000169. The van der Waals surface area contributed by atoms with Crippen LogP contribution in [0.5, 0.6) is 0 Å². The van der Waals surface area contributed by atoms with E-state index in [0.29, 0.717) is 0 Å². The zero-order valence-electron chi connectivity index (χ0n) is 7.68. The fourth-order valence-corrected chi connectivity index (χ4v) is 1.57. The van der Waals surface area contributed by atoms with Gasteiger partial charge in [-0.05, 0) is 6.92 Å². The first kappa shape index (κ1) is 13.5. The highest BCUT2D eigenvalue weighted by atomic mass is 35.5. The number of carboxylic acids is 1. The van der Waals surface area contributed by atoms with Crippen LogP contribution in [0.4, 0.5) is 0 Å². The molecule has 0 fully saturated rings. The molecule has 0 saturated carbocycles. The molecule has 0 aromatic heterocycles. The summed E-state index contributed by atoms with van der Waals surface area (Å²) in [4.78, 5) is 9.85. The standard InChI is InChI=1S/C9H12ClNO2.ClH/c1-6(11)9(10)5-3-2-4-7(9)8(12)13;/h2-7H,11H2,1H3,(H,12,13);1H. The van der Waals surface area contributed by atoms with Crippen LogP contribution in [0, 0.1) is 5.92 Å². The number of aliphatic carboxylic acids is 1. The Kier molecular flexibility index (Phi) is 4.65. The van der Waals surface area contributed by atoms with Gasteiger partial charge in [-0.15, -0.1) is 24.0 Å². The molecule has 0 heterocycles. The average molecular weight is 238 g/mol. The summed E-state index contributed by atoms with van der Waals surface area (Å²) in [6, 6.07) is -0.406. The van der Waals surface area contributed by atoms with Crippen molar-refractivity contribution in [2.45, 2.75) is 17.8 Å². The second kappa shape index (κ2) is 4.82. The van der Waals surface area contributed by atoms with E-state index < -0.39 is 22.8 Å². The second-order valence-corrected chi connectivity index (χ2v) is 3.83. The van der Waals surface area contributed by atoms with Gasteiger partial charge in [0.1, 0.15) is 0 Å². The smallest absolute Gasteiger partial charge is 0.312 e. The molecule has 0 aromatic carbocycles. The Morgan fingerprint density at radius 3 is 2.57 bits per heavy atom. The predicted octanol–water partition coefficient (Wildman–Crippen LogP) is 1.56. The van der Waals surface area contributed by atoms with Crippen molar-refractivity contribution >= 4 is 30.0 Å². The van der Waals surface area contributed by atoms with E-state index in [1.165, 1.54) is 0 Å². The number of hydrogen-bond acceptors (Lipinski definition) is 2. The van der Waals surface area contributed by atoms with Gasteiger partial charge in [0.15, 0.2) is 0 Å². The van der Waals surface area contributed by atoms with Crippen molar-refractivity contribution < 1.29 is 9.90 Å². The number of rotatable bonds is 2. The van der Waals surface area contributed by atoms with Crippen LogP contribution in [-0.4, -0.2) is 22.0 Å². The van der Waals surface area contributed by atoms with Gasteiger partial charge < -0.3 is 10.8 Å². The van der Waals surface area contributed by atoms with E-state index in [0.717, 1.165) is 0 Å². The summed E-state index contributed by atoms with van der Waals surface area (Å²) in [6.07, 6.45) is 6.58. The van der Waals surface area contributed by atoms with Crippen molar-refractivity contribution in [1.29, 1.82) is 0 Å². The van der Waals surface area contributed by atoms with Crippen LogP contribution in [0.15, 0.2) is 24.3 Å². The highest BCUT2D eigenvalue weighted by Crippen LogP contribution is 2.34. The fraction of sp³-hybridized carbons (Fsp3) is 0.444. The van der Waals surface area contributed by atoms with Crippen molar-refractivity contribution in [3.05, 3.63) is 24.3 Å². The van der Waals surface area contributed by atoms with Crippen molar-refractivity contribution in [2.24, 2.45) is 11.7 Å². The molecule has 3 nitrogen and oxygen atoms in total. The van der Waals surface area contributed by atoms with E-state index >= 15 is 0 Å². The highest BCUT2D eigenvalue weighted by Gasteiger charge is 2.42. The van der Waals surface area contributed by atoms with Crippen LogP contribution in [0.25, 0.3) is 0 Å². The SMILES string of the molecule is CC(N)C1(Cl)C=CC=CC1C(=O)O.Cl. The molecule has 3 unspecified atom stereocenters. The van der Waals surface area contributed by atoms with Gasteiger partial charge in [0.25, 0.3) is 0 Å². The van der Waals surface area contributed by atoms with Gasteiger partial charge in [0.2, 0.25) is 0 Å². The third kappa shape index (κ3) is 2.29. The molecule has 3 N–H and O–H groups in total. The van der Waals surface area contributed by atoms with Crippen LogP contribution in [-0.2, 0) is 4.79 Å². The van der Waals surface area contributed by atoms with E-state index in [4.69, 9.17) is 22.4 Å². The number of nitrogens with two attached hydrogens (primary N) is 1. The summed E-state index contributed by atoms with van der Waals surface area (Å²) in [7, 11) is 0. The van der Waals surface area contributed by atoms with Gasteiger partial charge in [0.05, 0.1) is 10.8 Å². The van der Waals surface area contributed by atoms with Crippen molar-refractivity contribution in [2.75, 3.05) is 0 Å². The summed E-state index contributed by atoms with van der Waals surface area (Å²) in [5, 5.41) is 8.90. The molecule has 1 aliphatic rings. The van der Waals surface area contributed by atoms with Crippen molar-refractivity contribution in [3.63, 3.8) is 0 Å². The minimum atomic E-state index is -0.999. The molecule has 3 atom stereocenters. The first-order valence-corrected chi connectivity index (χ1v) is 4.39. The third-order valence-electron chi connectivity index (χ3n) is 2.21. The fourth-order valence-electron chi connectivity index (χ4n) is 1.34. The molecular weight excluding hydrogens is 225 g/mol. The molecule has 1 rings (SSSR count). The zero-order chi connectivity index (χ0) is 10.1. The lowest BCUT2D eigenvalue weighted by atomic mass is 9.83. The van der Waals surface area contributed by atoms with Gasteiger partial charge in [-0.2, -0.15) is 0 Å². The minimum absolute atomic E-state index is 0. The van der Waals surface area contributed by atoms with Crippen LogP contribution >= 0.6 is 24.0 Å². The minimum Gasteiger partial charge on any atom is -0.481 e. The molecule has 0 aliphatic heterocycles. The Morgan fingerprint density at radius 2 is 2.21 bits per heavy atom. The van der Waals surface area contributed by atoms with E-state index in [9.17, 15) is 4.79 Å². The number of halogens is 2. The van der Waals surface area contributed by atoms with E-state index in [-0.39, 0.29) is 12.4 Å². The molecule has 0 radical (unpaired) electrons. The van der Waals surface area contributed by atoms with Gasteiger partial charge in [-0.3, -0.25) is 4.79 Å². The number of carbonyl (C=O) groups is 1. The quantitative estimate of drug-likeness (QED) is 0.717. The molecule has 0 spiro atoms. The van der Waals surface area contributed by atoms with Crippen LogP contribution in [0.2, 0.25) is 0 Å².